The molecule has 76 valence electrons. The molecular weight excluding hydrogens is 180 g/mol. The fourth-order valence-corrected chi connectivity index (χ4v) is 1.28. The highest BCUT2D eigenvalue weighted by Crippen LogP contribution is 2.15. The van der Waals surface area contributed by atoms with Crippen LogP contribution in [-0.4, -0.2) is 17.7 Å². The Kier molecular flexibility index (Phi) is 3.34. The van der Waals surface area contributed by atoms with E-state index < -0.39 is 6.09 Å². The van der Waals surface area contributed by atoms with Gasteiger partial charge in [0.2, 0.25) is 0 Å². The van der Waals surface area contributed by atoms with E-state index in [4.69, 9.17) is 10.8 Å². The first-order valence-corrected chi connectivity index (χ1v) is 4.42. The van der Waals surface area contributed by atoms with Crippen LogP contribution in [0.5, 0.6) is 0 Å². The molecule has 4 heteroatoms. The molecule has 0 atom stereocenters. The van der Waals surface area contributed by atoms with Crippen LogP contribution in [0.2, 0.25) is 0 Å². The van der Waals surface area contributed by atoms with Gasteiger partial charge in [0, 0.05) is 12.2 Å². The van der Waals surface area contributed by atoms with Gasteiger partial charge in [-0.05, 0) is 30.5 Å². The van der Waals surface area contributed by atoms with Gasteiger partial charge >= 0.3 is 6.09 Å². The molecule has 1 amide bonds. The molecule has 0 saturated heterocycles. The van der Waals surface area contributed by atoms with E-state index in [0.29, 0.717) is 13.0 Å². The third kappa shape index (κ3) is 2.65. The van der Waals surface area contributed by atoms with E-state index in [0.717, 1.165) is 16.8 Å². The Morgan fingerprint density at radius 1 is 1.57 bits per heavy atom. The highest BCUT2D eigenvalue weighted by atomic mass is 16.4. The summed E-state index contributed by atoms with van der Waals surface area (Å²) in [7, 11) is 0. The third-order valence-corrected chi connectivity index (χ3v) is 2.16. The molecule has 1 aromatic rings. The predicted molar refractivity (Wildman–Crippen MR) is 55.3 cm³/mol. The summed E-state index contributed by atoms with van der Waals surface area (Å²) in [6.45, 7) is 2.35. The van der Waals surface area contributed by atoms with Crippen molar-refractivity contribution in [1.29, 1.82) is 0 Å². The Bertz CT molecular complexity index is 337. The molecule has 0 unspecified atom stereocenters. The summed E-state index contributed by atoms with van der Waals surface area (Å²) < 4.78 is 0. The highest BCUT2D eigenvalue weighted by molar-refractivity contribution is 5.64. The van der Waals surface area contributed by atoms with Crippen LogP contribution in [-0.2, 0) is 6.42 Å². The Labute approximate surface area is 82.7 Å². The lowest BCUT2D eigenvalue weighted by Crippen LogP contribution is -2.23. The SMILES string of the molecule is Cc1c(N)cccc1CCNC(=O)O. The Hall–Kier alpha value is -1.71. The first-order valence-electron chi connectivity index (χ1n) is 4.42. The van der Waals surface area contributed by atoms with Gasteiger partial charge in [0.05, 0.1) is 0 Å². The fourth-order valence-electron chi connectivity index (χ4n) is 1.28. The molecule has 4 N–H and O–H groups in total. The lowest BCUT2D eigenvalue weighted by Gasteiger charge is -2.07. The maximum absolute atomic E-state index is 10.2. The number of nitrogen functional groups attached to an aromatic ring is 1. The highest BCUT2D eigenvalue weighted by Gasteiger charge is 2.01. The zero-order valence-corrected chi connectivity index (χ0v) is 8.08. The van der Waals surface area contributed by atoms with E-state index in [1.165, 1.54) is 0 Å². The molecule has 0 heterocycles. The minimum atomic E-state index is -0.994. The third-order valence-electron chi connectivity index (χ3n) is 2.16. The summed E-state index contributed by atoms with van der Waals surface area (Å²) in [6.07, 6.45) is -0.324. The monoisotopic (exact) mass is 194 g/mol. The number of amides is 1. The number of anilines is 1. The van der Waals surface area contributed by atoms with Crippen LogP contribution in [0.15, 0.2) is 18.2 Å². The minimum absolute atomic E-state index is 0.416. The number of hydrogen-bond donors (Lipinski definition) is 3. The van der Waals surface area contributed by atoms with Crippen molar-refractivity contribution in [3.63, 3.8) is 0 Å². The van der Waals surface area contributed by atoms with E-state index >= 15 is 0 Å². The molecule has 0 aliphatic carbocycles. The lowest BCUT2D eigenvalue weighted by molar-refractivity contribution is 0.194. The topological polar surface area (TPSA) is 75.3 Å². The number of nitrogens with one attached hydrogen (secondary N) is 1. The van der Waals surface area contributed by atoms with Crippen LogP contribution < -0.4 is 11.1 Å². The Morgan fingerprint density at radius 2 is 2.29 bits per heavy atom. The minimum Gasteiger partial charge on any atom is -0.465 e. The first kappa shape index (κ1) is 10.4. The van der Waals surface area contributed by atoms with Gasteiger partial charge in [-0.25, -0.2) is 4.79 Å². The quantitative estimate of drug-likeness (QED) is 0.636. The fraction of sp³-hybridized carbons (Fsp3) is 0.300. The van der Waals surface area contributed by atoms with E-state index in [9.17, 15) is 4.79 Å². The summed E-state index contributed by atoms with van der Waals surface area (Å²) in [4.78, 5) is 10.2. The number of rotatable bonds is 3. The molecule has 1 rings (SSSR count). The van der Waals surface area contributed by atoms with E-state index in [1.807, 2.05) is 25.1 Å². The van der Waals surface area contributed by atoms with Crippen molar-refractivity contribution in [2.75, 3.05) is 12.3 Å². The van der Waals surface area contributed by atoms with Crippen molar-refractivity contribution >= 4 is 11.8 Å². The Morgan fingerprint density at radius 3 is 2.93 bits per heavy atom. The standard InChI is InChI=1S/C10H14N2O2/c1-7-8(3-2-4-9(7)11)5-6-12-10(13)14/h2-4,12H,5-6,11H2,1H3,(H,13,14). The van der Waals surface area contributed by atoms with E-state index in [2.05, 4.69) is 5.32 Å². The van der Waals surface area contributed by atoms with Crippen LogP contribution in [0.1, 0.15) is 11.1 Å². The molecule has 1 aromatic carbocycles. The molecule has 0 aliphatic heterocycles. The predicted octanol–water partition coefficient (Wildman–Crippen LogP) is 1.39. The first-order chi connectivity index (χ1) is 6.61. The zero-order valence-electron chi connectivity index (χ0n) is 8.08. The average molecular weight is 194 g/mol. The largest absolute Gasteiger partial charge is 0.465 e. The molecule has 0 bridgehead atoms. The smallest absolute Gasteiger partial charge is 0.404 e. The van der Waals surface area contributed by atoms with Crippen molar-refractivity contribution in [3.05, 3.63) is 29.3 Å². The van der Waals surface area contributed by atoms with E-state index in [1.54, 1.807) is 0 Å². The molecule has 0 aromatic heterocycles. The van der Waals surface area contributed by atoms with E-state index in [-0.39, 0.29) is 0 Å². The van der Waals surface area contributed by atoms with Crippen molar-refractivity contribution in [2.24, 2.45) is 0 Å². The maximum Gasteiger partial charge on any atom is 0.404 e. The van der Waals surface area contributed by atoms with Crippen LogP contribution in [0.25, 0.3) is 0 Å². The van der Waals surface area contributed by atoms with Crippen molar-refractivity contribution in [2.45, 2.75) is 13.3 Å². The van der Waals surface area contributed by atoms with Gasteiger partial charge in [0.25, 0.3) is 0 Å². The molecule has 4 nitrogen and oxygen atoms in total. The van der Waals surface area contributed by atoms with Crippen LogP contribution in [0.3, 0.4) is 0 Å². The number of nitrogens with two attached hydrogens (primary N) is 1. The van der Waals surface area contributed by atoms with Gasteiger partial charge in [-0.2, -0.15) is 0 Å². The van der Waals surface area contributed by atoms with Crippen LogP contribution in [0.4, 0.5) is 10.5 Å². The summed E-state index contributed by atoms with van der Waals surface area (Å²) >= 11 is 0. The Balaban J connectivity index is 2.59. The molecule has 14 heavy (non-hydrogen) atoms. The van der Waals surface area contributed by atoms with Crippen molar-refractivity contribution in [1.82, 2.24) is 5.32 Å². The zero-order chi connectivity index (χ0) is 10.6. The normalized spacial score (nSPS) is 9.79. The number of carboxylic acid groups (broad SMARTS) is 1. The van der Waals surface area contributed by atoms with Crippen LogP contribution in [0, 0.1) is 6.92 Å². The molecule has 0 radical (unpaired) electrons. The molecular formula is C10H14N2O2. The van der Waals surface area contributed by atoms with Crippen molar-refractivity contribution in [3.8, 4) is 0 Å². The summed E-state index contributed by atoms with van der Waals surface area (Å²) in [5.74, 6) is 0. The second kappa shape index (κ2) is 4.50. The number of benzene rings is 1. The number of hydrogen-bond acceptors (Lipinski definition) is 2. The molecule has 0 saturated carbocycles. The molecule has 0 fully saturated rings. The number of carbonyl (C=O) groups is 1. The van der Waals surface area contributed by atoms with Gasteiger partial charge in [0.15, 0.2) is 0 Å². The molecule has 0 aliphatic rings. The lowest BCUT2D eigenvalue weighted by atomic mass is 10.0. The maximum atomic E-state index is 10.2. The van der Waals surface area contributed by atoms with Gasteiger partial charge in [-0.3, -0.25) is 0 Å². The summed E-state index contributed by atoms with van der Waals surface area (Å²) in [6, 6.07) is 5.66. The van der Waals surface area contributed by atoms with Gasteiger partial charge < -0.3 is 16.2 Å². The second-order valence-electron chi connectivity index (χ2n) is 3.11. The molecule has 0 spiro atoms. The van der Waals surface area contributed by atoms with Crippen LogP contribution >= 0.6 is 0 Å². The van der Waals surface area contributed by atoms with Gasteiger partial charge in [-0.1, -0.05) is 12.1 Å². The second-order valence-corrected chi connectivity index (χ2v) is 3.11. The summed E-state index contributed by atoms with van der Waals surface area (Å²) in [5.41, 5.74) is 8.57. The average Bonchev–Trinajstić information content (AvgIpc) is 2.12. The van der Waals surface area contributed by atoms with Gasteiger partial charge in [-0.15, -0.1) is 0 Å². The van der Waals surface area contributed by atoms with Crippen molar-refractivity contribution < 1.29 is 9.90 Å². The van der Waals surface area contributed by atoms with Gasteiger partial charge in [0.1, 0.15) is 0 Å². The summed E-state index contributed by atoms with van der Waals surface area (Å²) in [5, 5.41) is 10.7.